The quantitative estimate of drug-likeness (QED) is 0.911. The van der Waals surface area contributed by atoms with Gasteiger partial charge >= 0.3 is 0 Å². The zero-order valence-corrected chi connectivity index (χ0v) is 11.7. The Kier molecular flexibility index (Phi) is 4.28. The van der Waals surface area contributed by atoms with Gasteiger partial charge in [-0.25, -0.2) is 9.97 Å². The monoisotopic (exact) mass is 306 g/mol. The topological polar surface area (TPSA) is 63.8 Å². The predicted molar refractivity (Wildman–Crippen MR) is 77.4 cm³/mol. The number of rotatable bonds is 4. The normalized spacial score (nSPS) is 10.4. The summed E-state index contributed by atoms with van der Waals surface area (Å²) >= 11 is 3.41. The second kappa shape index (κ2) is 5.93. The van der Waals surface area contributed by atoms with Crippen molar-refractivity contribution < 1.29 is 0 Å². The number of hydrogen-bond donors (Lipinski definition) is 2. The molecule has 0 spiro atoms. The van der Waals surface area contributed by atoms with E-state index in [1.807, 2.05) is 37.3 Å². The summed E-state index contributed by atoms with van der Waals surface area (Å²) in [6.07, 6.45) is 0. The summed E-state index contributed by atoms with van der Waals surface area (Å²) in [7, 11) is 0. The van der Waals surface area contributed by atoms with Crippen LogP contribution in [-0.4, -0.2) is 23.1 Å². The van der Waals surface area contributed by atoms with E-state index in [9.17, 15) is 0 Å². The maximum atomic E-state index is 5.47. The molecule has 0 fully saturated rings. The van der Waals surface area contributed by atoms with Gasteiger partial charge in [-0.15, -0.1) is 0 Å². The third kappa shape index (κ3) is 3.27. The first-order chi connectivity index (χ1) is 8.69. The minimum absolute atomic E-state index is 0.580. The van der Waals surface area contributed by atoms with Gasteiger partial charge in [-0.05, 0) is 19.1 Å². The first kappa shape index (κ1) is 13.0. The molecule has 0 aliphatic rings. The van der Waals surface area contributed by atoms with Gasteiger partial charge in [0.05, 0.1) is 0 Å². The molecule has 1 heterocycles. The van der Waals surface area contributed by atoms with Crippen molar-refractivity contribution in [1.82, 2.24) is 9.97 Å². The molecular weight excluding hydrogens is 292 g/mol. The lowest BCUT2D eigenvalue weighted by molar-refractivity contribution is 1.000. The molecule has 4 nitrogen and oxygen atoms in total. The van der Waals surface area contributed by atoms with Gasteiger partial charge in [-0.1, -0.05) is 28.1 Å². The van der Waals surface area contributed by atoms with Crippen molar-refractivity contribution in [3.63, 3.8) is 0 Å². The average molecular weight is 307 g/mol. The molecule has 0 atom stereocenters. The smallest absolute Gasteiger partial charge is 0.161 e. The number of hydrogen-bond acceptors (Lipinski definition) is 4. The molecule has 2 rings (SSSR count). The van der Waals surface area contributed by atoms with Crippen molar-refractivity contribution in [3.05, 3.63) is 40.5 Å². The molecular formula is C13H15BrN4. The van der Waals surface area contributed by atoms with Crippen LogP contribution in [-0.2, 0) is 0 Å². The molecule has 0 radical (unpaired) electrons. The van der Waals surface area contributed by atoms with Crippen molar-refractivity contribution in [2.24, 2.45) is 5.73 Å². The lowest BCUT2D eigenvalue weighted by atomic mass is 10.2. The molecule has 0 amide bonds. The molecule has 3 N–H and O–H groups in total. The van der Waals surface area contributed by atoms with E-state index in [2.05, 4.69) is 31.2 Å². The van der Waals surface area contributed by atoms with E-state index in [1.165, 1.54) is 0 Å². The molecule has 5 heteroatoms. The summed E-state index contributed by atoms with van der Waals surface area (Å²) in [4.78, 5) is 8.92. The average Bonchev–Trinajstić information content (AvgIpc) is 2.36. The van der Waals surface area contributed by atoms with E-state index in [0.717, 1.165) is 27.4 Å². The zero-order valence-electron chi connectivity index (χ0n) is 10.2. The highest BCUT2D eigenvalue weighted by Gasteiger charge is 2.04. The van der Waals surface area contributed by atoms with Crippen LogP contribution in [0.25, 0.3) is 11.4 Å². The summed E-state index contributed by atoms with van der Waals surface area (Å²) in [5.74, 6) is 1.54. The lowest BCUT2D eigenvalue weighted by Gasteiger charge is -2.07. The highest BCUT2D eigenvalue weighted by Crippen LogP contribution is 2.20. The van der Waals surface area contributed by atoms with E-state index >= 15 is 0 Å². The third-order valence-electron chi connectivity index (χ3n) is 2.41. The van der Waals surface area contributed by atoms with Crippen LogP contribution >= 0.6 is 15.9 Å². The number of anilines is 1. The summed E-state index contributed by atoms with van der Waals surface area (Å²) < 4.78 is 1.04. The Hall–Kier alpha value is -1.46. The van der Waals surface area contributed by atoms with E-state index in [4.69, 9.17) is 5.73 Å². The maximum Gasteiger partial charge on any atom is 0.161 e. The van der Waals surface area contributed by atoms with Crippen LogP contribution in [0.1, 0.15) is 5.69 Å². The Morgan fingerprint density at radius 2 is 1.94 bits per heavy atom. The van der Waals surface area contributed by atoms with Gasteiger partial charge in [-0.2, -0.15) is 0 Å². The number of benzene rings is 1. The minimum atomic E-state index is 0.580. The molecule has 2 aromatic rings. The molecule has 1 aromatic heterocycles. The minimum Gasteiger partial charge on any atom is -0.369 e. The summed E-state index contributed by atoms with van der Waals surface area (Å²) in [6.45, 7) is 3.24. The van der Waals surface area contributed by atoms with Gasteiger partial charge in [0.15, 0.2) is 5.82 Å². The van der Waals surface area contributed by atoms with Crippen LogP contribution in [0.2, 0.25) is 0 Å². The molecule has 0 aliphatic heterocycles. The van der Waals surface area contributed by atoms with Crippen molar-refractivity contribution in [2.75, 3.05) is 18.4 Å². The molecule has 0 unspecified atom stereocenters. The first-order valence-electron chi connectivity index (χ1n) is 5.74. The maximum absolute atomic E-state index is 5.47. The van der Waals surface area contributed by atoms with Gasteiger partial charge in [0.1, 0.15) is 5.82 Å². The highest BCUT2D eigenvalue weighted by atomic mass is 79.9. The van der Waals surface area contributed by atoms with Crippen molar-refractivity contribution in [3.8, 4) is 11.4 Å². The Labute approximate surface area is 115 Å². The molecule has 18 heavy (non-hydrogen) atoms. The molecule has 0 aliphatic carbocycles. The number of nitrogens with one attached hydrogen (secondary N) is 1. The second-order valence-electron chi connectivity index (χ2n) is 3.94. The fourth-order valence-electron chi connectivity index (χ4n) is 1.59. The number of aromatic nitrogens is 2. The van der Waals surface area contributed by atoms with Crippen LogP contribution < -0.4 is 11.1 Å². The molecule has 94 valence electrons. The molecule has 1 aromatic carbocycles. The summed E-state index contributed by atoms with van der Waals surface area (Å²) in [5.41, 5.74) is 7.40. The fraction of sp³-hybridized carbons (Fsp3) is 0.231. The standard InChI is InChI=1S/C13H15BrN4/c1-9-8-12(16-7-6-15)18-13(17-9)10-2-4-11(14)5-3-10/h2-5,8H,6-7,15H2,1H3,(H,16,17,18). The first-order valence-corrected chi connectivity index (χ1v) is 6.54. The predicted octanol–water partition coefficient (Wildman–Crippen LogP) is 2.59. The van der Waals surface area contributed by atoms with Crippen molar-refractivity contribution in [1.29, 1.82) is 0 Å². The largest absolute Gasteiger partial charge is 0.369 e. The Morgan fingerprint density at radius 3 is 2.61 bits per heavy atom. The number of halogens is 1. The molecule has 0 bridgehead atoms. The summed E-state index contributed by atoms with van der Waals surface area (Å²) in [6, 6.07) is 9.86. The van der Waals surface area contributed by atoms with Crippen LogP contribution in [0.4, 0.5) is 5.82 Å². The molecule has 0 saturated carbocycles. The number of nitrogens with two attached hydrogens (primary N) is 1. The Morgan fingerprint density at radius 1 is 1.22 bits per heavy atom. The van der Waals surface area contributed by atoms with Gasteiger partial charge < -0.3 is 11.1 Å². The van der Waals surface area contributed by atoms with Gasteiger partial charge in [0.2, 0.25) is 0 Å². The van der Waals surface area contributed by atoms with E-state index in [-0.39, 0.29) is 0 Å². The highest BCUT2D eigenvalue weighted by molar-refractivity contribution is 9.10. The Bertz CT molecular complexity index is 525. The van der Waals surface area contributed by atoms with E-state index in [1.54, 1.807) is 0 Å². The number of aryl methyl sites for hydroxylation is 1. The number of nitrogens with zero attached hydrogens (tertiary/aromatic N) is 2. The van der Waals surface area contributed by atoms with Crippen LogP contribution in [0.3, 0.4) is 0 Å². The second-order valence-corrected chi connectivity index (χ2v) is 4.86. The van der Waals surface area contributed by atoms with Crippen molar-refractivity contribution >= 4 is 21.7 Å². The summed E-state index contributed by atoms with van der Waals surface area (Å²) in [5, 5.41) is 3.17. The van der Waals surface area contributed by atoms with Crippen LogP contribution in [0.5, 0.6) is 0 Å². The SMILES string of the molecule is Cc1cc(NCCN)nc(-c2ccc(Br)cc2)n1. The van der Waals surface area contributed by atoms with Crippen LogP contribution in [0, 0.1) is 6.92 Å². The lowest BCUT2D eigenvalue weighted by Crippen LogP contribution is -2.14. The fourth-order valence-corrected chi connectivity index (χ4v) is 1.85. The third-order valence-corrected chi connectivity index (χ3v) is 2.94. The van der Waals surface area contributed by atoms with E-state index in [0.29, 0.717) is 13.1 Å². The van der Waals surface area contributed by atoms with E-state index < -0.39 is 0 Å². The van der Waals surface area contributed by atoms with Crippen LogP contribution in [0.15, 0.2) is 34.8 Å². The van der Waals surface area contributed by atoms with Gasteiger partial charge in [-0.3, -0.25) is 0 Å². The van der Waals surface area contributed by atoms with Gasteiger partial charge in [0, 0.05) is 34.9 Å². The molecule has 0 saturated heterocycles. The Balaban J connectivity index is 2.32. The van der Waals surface area contributed by atoms with Gasteiger partial charge in [0.25, 0.3) is 0 Å². The zero-order chi connectivity index (χ0) is 13.0. The van der Waals surface area contributed by atoms with Crippen molar-refractivity contribution in [2.45, 2.75) is 6.92 Å².